The van der Waals surface area contributed by atoms with E-state index in [1.54, 1.807) is 19.1 Å². The summed E-state index contributed by atoms with van der Waals surface area (Å²) in [5, 5.41) is 1.27. The van der Waals surface area contributed by atoms with Gasteiger partial charge in [0.1, 0.15) is 5.82 Å². The molecule has 0 unspecified atom stereocenters. The first-order valence-corrected chi connectivity index (χ1v) is 10.3. The fourth-order valence-corrected chi connectivity index (χ4v) is 5.40. The average Bonchev–Trinajstić information content (AvgIpc) is 3.34. The predicted octanol–water partition coefficient (Wildman–Crippen LogP) is 3.97. The number of halogens is 1. The maximum Gasteiger partial charge on any atom is 0.219 e. The van der Waals surface area contributed by atoms with Gasteiger partial charge in [0.05, 0.1) is 6.04 Å². The van der Waals surface area contributed by atoms with Gasteiger partial charge in [0.2, 0.25) is 5.91 Å². The van der Waals surface area contributed by atoms with Crippen LogP contribution in [0.15, 0.2) is 54.7 Å². The van der Waals surface area contributed by atoms with Gasteiger partial charge in [-0.3, -0.25) is 9.69 Å². The van der Waals surface area contributed by atoms with Crippen LogP contribution in [0.5, 0.6) is 0 Å². The number of hydrogen-bond acceptors (Lipinski definition) is 2. The molecule has 29 heavy (non-hydrogen) atoms. The van der Waals surface area contributed by atoms with Gasteiger partial charge in [0.15, 0.2) is 0 Å². The number of rotatable bonds is 3. The van der Waals surface area contributed by atoms with Gasteiger partial charge in [-0.25, -0.2) is 4.39 Å². The maximum atomic E-state index is 13.9. The molecule has 4 nitrogen and oxygen atoms in total. The fraction of sp³-hybridized carbons (Fsp3) is 0.375. The van der Waals surface area contributed by atoms with E-state index in [1.807, 2.05) is 11.0 Å². The number of amides is 1. The first-order valence-electron chi connectivity index (χ1n) is 10.3. The Bertz CT molecular complexity index is 1070. The number of hydrogen-bond donors (Lipinski definition) is 0. The Morgan fingerprint density at radius 2 is 1.97 bits per heavy atom. The largest absolute Gasteiger partial charge is 0.351 e. The topological polar surface area (TPSA) is 28.5 Å². The van der Waals surface area contributed by atoms with Crippen molar-refractivity contribution >= 4 is 16.8 Å². The minimum atomic E-state index is -0.236. The molecule has 0 bridgehead atoms. The zero-order chi connectivity index (χ0) is 20.1. The highest BCUT2D eigenvalue weighted by Crippen LogP contribution is 2.45. The highest BCUT2D eigenvalue weighted by Gasteiger charge is 2.48. The van der Waals surface area contributed by atoms with Crippen molar-refractivity contribution in [3.05, 3.63) is 71.7 Å². The standard InChI is InChI=1S/C24H26FN3O/c1-16(29)28-14-20-13-27(12-17-6-7-23-18(10-17)8-9-26(23)2)15-22(20)24(28)19-4-3-5-21(25)11-19/h3-11,20,22,24H,12-15H2,1-2H3/t20-,22-,24-/m1/s1. The van der Waals surface area contributed by atoms with Crippen molar-refractivity contribution in [3.8, 4) is 0 Å². The molecule has 2 fully saturated rings. The van der Waals surface area contributed by atoms with Gasteiger partial charge in [-0.1, -0.05) is 18.2 Å². The number of aromatic nitrogens is 1. The summed E-state index contributed by atoms with van der Waals surface area (Å²) in [5.41, 5.74) is 3.48. The van der Waals surface area contributed by atoms with Crippen LogP contribution in [0.25, 0.3) is 10.9 Å². The van der Waals surface area contributed by atoms with Crippen LogP contribution in [0.2, 0.25) is 0 Å². The van der Waals surface area contributed by atoms with Crippen molar-refractivity contribution < 1.29 is 9.18 Å². The quantitative estimate of drug-likeness (QED) is 0.676. The molecule has 3 aromatic rings. The number of nitrogens with zero attached hydrogens (tertiary/aromatic N) is 3. The summed E-state index contributed by atoms with van der Waals surface area (Å²) in [5.74, 6) is 0.629. The van der Waals surface area contributed by atoms with Gasteiger partial charge >= 0.3 is 0 Å². The Morgan fingerprint density at radius 3 is 2.76 bits per heavy atom. The van der Waals surface area contributed by atoms with Crippen molar-refractivity contribution in [1.82, 2.24) is 14.4 Å². The van der Waals surface area contributed by atoms with Crippen LogP contribution in [0, 0.1) is 17.7 Å². The monoisotopic (exact) mass is 391 g/mol. The fourth-order valence-electron chi connectivity index (χ4n) is 5.40. The van der Waals surface area contributed by atoms with Crippen LogP contribution in [-0.2, 0) is 18.4 Å². The third-order valence-electron chi connectivity index (χ3n) is 6.69. The lowest BCUT2D eigenvalue weighted by Gasteiger charge is -2.29. The summed E-state index contributed by atoms with van der Waals surface area (Å²) >= 11 is 0. The molecular formula is C24H26FN3O. The summed E-state index contributed by atoms with van der Waals surface area (Å²) < 4.78 is 16.0. The van der Waals surface area contributed by atoms with Gasteiger partial charge in [-0.05, 0) is 52.8 Å². The van der Waals surface area contributed by atoms with Gasteiger partial charge in [-0.2, -0.15) is 0 Å². The molecule has 2 aliphatic rings. The molecule has 2 aromatic carbocycles. The number of aryl methyl sites for hydroxylation is 1. The third kappa shape index (κ3) is 3.23. The second kappa shape index (κ2) is 6.99. The molecule has 2 aliphatic heterocycles. The normalized spacial score (nSPS) is 24.4. The van der Waals surface area contributed by atoms with Crippen LogP contribution in [0.1, 0.15) is 24.1 Å². The van der Waals surface area contributed by atoms with E-state index in [9.17, 15) is 9.18 Å². The Morgan fingerprint density at radius 1 is 1.10 bits per heavy atom. The van der Waals surface area contributed by atoms with Crippen LogP contribution in [0.3, 0.4) is 0 Å². The molecule has 0 aliphatic carbocycles. The molecule has 0 saturated carbocycles. The molecule has 5 rings (SSSR count). The smallest absolute Gasteiger partial charge is 0.219 e. The lowest BCUT2D eigenvalue weighted by molar-refractivity contribution is -0.130. The SMILES string of the molecule is CC(=O)N1C[C@H]2CN(Cc3ccc4c(ccn4C)c3)C[C@H]2[C@H]1c1cccc(F)c1. The number of carbonyl (C=O) groups excluding carboxylic acids is 1. The van der Waals surface area contributed by atoms with Crippen LogP contribution >= 0.6 is 0 Å². The van der Waals surface area contributed by atoms with Crippen molar-refractivity contribution in [2.75, 3.05) is 19.6 Å². The van der Waals surface area contributed by atoms with Crippen molar-refractivity contribution in [3.63, 3.8) is 0 Å². The first kappa shape index (κ1) is 18.4. The number of carbonyl (C=O) groups is 1. The Kier molecular flexibility index (Phi) is 4.43. The van der Waals surface area contributed by atoms with Gasteiger partial charge in [0, 0.05) is 57.8 Å². The first-order chi connectivity index (χ1) is 14.0. The van der Waals surface area contributed by atoms with Gasteiger partial charge < -0.3 is 9.47 Å². The molecule has 0 radical (unpaired) electrons. The van der Waals surface area contributed by atoms with E-state index >= 15 is 0 Å². The second-order valence-electron chi connectivity index (χ2n) is 8.61. The zero-order valence-electron chi connectivity index (χ0n) is 16.9. The lowest BCUT2D eigenvalue weighted by atomic mass is 9.89. The minimum absolute atomic E-state index is 0.0326. The number of fused-ring (bicyclic) bond motifs is 2. The highest BCUT2D eigenvalue weighted by molar-refractivity contribution is 5.80. The highest BCUT2D eigenvalue weighted by atomic mass is 19.1. The molecule has 0 N–H and O–H groups in total. The molecule has 150 valence electrons. The van der Waals surface area contributed by atoms with E-state index in [4.69, 9.17) is 0 Å². The molecule has 5 heteroatoms. The molecular weight excluding hydrogens is 365 g/mol. The van der Waals surface area contributed by atoms with E-state index in [-0.39, 0.29) is 17.8 Å². The van der Waals surface area contributed by atoms with Crippen LogP contribution in [0.4, 0.5) is 4.39 Å². The third-order valence-corrected chi connectivity index (χ3v) is 6.69. The molecule has 3 atom stereocenters. The maximum absolute atomic E-state index is 13.9. The van der Waals surface area contributed by atoms with Crippen molar-refractivity contribution in [2.45, 2.75) is 19.5 Å². The average molecular weight is 391 g/mol. The minimum Gasteiger partial charge on any atom is -0.351 e. The number of likely N-dealkylation sites (tertiary alicyclic amines) is 2. The van der Waals surface area contributed by atoms with E-state index in [0.29, 0.717) is 11.8 Å². The van der Waals surface area contributed by atoms with Gasteiger partial charge in [-0.15, -0.1) is 0 Å². The molecule has 0 spiro atoms. The lowest BCUT2D eigenvalue weighted by Crippen LogP contribution is -2.34. The Labute approximate surface area is 170 Å². The van der Waals surface area contributed by atoms with Crippen LogP contribution < -0.4 is 0 Å². The summed E-state index contributed by atoms with van der Waals surface area (Å²) in [6.45, 7) is 5.21. The van der Waals surface area contributed by atoms with E-state index in [1.165, 1.54) is 22.5 Å². The number of benzene rings is 2. The summed E-state index contributed by atoms with van der Waals surface area (Å²) in [4.78, 5) is 16.7. The summed E-state index contributed by atoms with van der Waals surface area (Å²) in [6.07, 6.45) is 2.09. The predicted molar refractivity (Wildman–Crippen MR) is 112 cm³/mol. The van der Waals surface area contributed by atoms with E-state index in [2.05, 4.69) is 47.0 Å². The van der Waals surface area contributed by atoms with Crippen molar-refractivity contribution in [1.29, 1.82) is 0 Å². The Balaban J connectivity index is 1.37. The second-order valence-corrected chi connectivity index (χ2v) is 8.61. The molecule has 2 saturated heterocycles. The van der Waals surface area contributed by atoms with Crippen molar-refractivity contribution in [2.24, 2.45) is 18.9 Å². The van der Waals surface area contributed by atoms with Crippen LogP contribution in [-0.4, -0.2) is 39.9 Å². The summed E-state index contributed by atoms with van der Waals surface area (Å²) in [6, 6.07) is 15.6. The molecule has 1 aromatic heterocycles. The van der Waals surface area contributed by atoms with E-state index in [0.717, 1.165) is 31.7 Å². The zero-order valence-corrected chi connectivity index (χ0v) is 16.9. The molecule has 1 amide bonds. The van der Waals surface area contributed by atoms with E-state index < -0.39 is 0 Å². The summed E-state index contributed by atoms with van der Waals surface area (Å²) in [7, 11) is 2.07. The molecule has 3 heterocycles. The Hall–Kier alpha value is -2.66. The van der Waals surface area contributed by atoms with Gasteiger partial charge in [0.25, 0.3) is 0 Å².